The van der Waals surface area contributed by atoms with E-state index in [1.54, 1.807) is 11.4 Å². The van der Waals surface area contributed by atoms with Crippen molar-refractivity contribution in [3.63, 3.8) is 0 Å². The molecule has 110 valence electrons. The van der Waals surface area contributed by atoms with Crippen LogP contribution in [0.5, 0.6) is 11.5 Å². The molecular weight excluding hydrogens is 358 g/mol. The molecule has 0 aliphatic carbocycles. The van der Waals surface area contributed by atoms with Crippen LogP contribution in [-0.4, -0.2) is 24.3 Å². The Morgan fingerprint density at radius 2 is 2.00 bits per heavy atom. The number of carboxylic acid groups (broad SMARTS) is 1. The predicted molar refractivity (Wildman–Crippen MR) is 83.7 cm³/mol. The number of nitrogens with one attached hydrogen (secondary N) is 1. The fourth-order valence-electron chi connectivity index (χ4n) is 1.97. The van der Waals surface area contributed by atoms with Crippen LogP contribution in [0.4, 0.5) is 5.69 Å². The van der Waals surface area contributed by atoms with Crippen molar-refractivity contribution in [1.82, 2.24) is 0 Å². The number of carbonyl (C=O) groups is 1. The Morgan fingerprint density at radius 3 is 2.67 bits per heavy atom. The SMILES string of the molecule is O=C(O)c1csc(CNc2cc3c(cc2Br)OCCO3)c1. The van der Waals surface area contributed by atoms with E-state index in [1.165, 1.54) is 11.3 Å². The Labute approximate surface area is 133 Å². The van der Waals surface area contributed by atoms with Gasteiger partial charge in [-0.25, -0.2) is 4.79 Å². The maximum absolute atomic E-state index is 10.9. The molecule has 1 aliphatic rings. The molecule has 3 rings (SSSR count). The molecule has 0 atom stereocenters. The lowest BCUT2D eigenvalue weighted by Crippen LogP contribution is -2.15. The van der Waals surface area contributed by atoms with E-state index in [4.69, 9.17) is 14.6 Å². The van der Waals surface area contributed by atoms with Gasteiger partial charge in [-0.1, -0.05) is 0 Å². The molecule has 1 aromatic heterocycles. The number of rotatable bonds is 4. The molecule has 0 unspecified atom stereocenters. The Bertz CT molecular complexity index is 686. The zero-order valence-corrected chi connectivity index (χ0v) is 13.3. The smallest absolute Gasteiger partial charge is 0.336 e. The number of ether oxygens (including phenoxy) is 2. The van der Waals surface area contributed by atoms with Crippen molar-refractivity contribution in [2.45, 2.75) is 6.54 Å². The third-order valence-electron chi connectivity index (χ3n) is 2.99. The van der Waals surface area contributed by atoms with Crippen molar-refractivity contribution in [3.05, 3.63) is 38.5 Å². The van der Waals surface area contributed by atoms with Gasteiger partial charge in [-0.15, -0.1) is 11.3 Å². The van der Waals surface area contributed by atoms with Gasteiger partial charge in [0.2, 0.25) is 0 Å². The highest BCUT2D eigenvalue weighted by Gasteiger charge is 2.15. The van der Waals surface area contributed by atoms with Crippen LogP contribution in [0.1, 0.15) is 15.2 Å². The second-order valence-electron chi connectivity index (χ2n) is 4.44. The van der Waals surface area contributed by atoms with Gasteiger partial charge in [0.15, 0.2) is 11.5 Å². The minimum Gasteiger partial charge on any atom is -0.486 e. The lowest BCUT2D eigenvalue weighted by Gasteiger charge is -2.20. The Morgan fingerprint density at radius 1 is 1.29 bits per heavy atom. The lowest BCUT2D eigenvalue weighted by atomic mass is 10.2. The molecule has 0 bridgehead atoms. The molecule has 0 fully saturated rings. The summed E-state index contributed by atoms with van der Waals surface area (Å²) in [4.78, 5) is 11.8. The van der Waals surface area contributed by atoms with Gasteiger partial charge in [-0.05, 0) is 22.0 Å². The number of fused-ring (bicyclic) bond motifs is 1. The van der Waals surface area contributed by atoms with Crippen LogP contribution in [-0.2, 0) is 6.54 Å². The van der Waals surface area contributed by atoms with Crippen LogP contribution in [0.3, 0.4) is 0 Å². The van der Waals surface area contributed by atoms with E-state index in [-0.39, 0.29) is 0 Å². The summed E-state index contributed by atoms with van der Waals surface area (Å²) in [6.07, 6.45) is 0. The van der Waals surface area contributed by atoms with Gasteiger partial charge >= 0.3 is 5.97 Å². The van der Waals surface area contributed by atoms with Crippen LogP contribution < -0.4 is 14.8 Å². The molecule has 0 amide bonds. The first kappa shape index (κ1) is 14.2. The van der Waals surface area contributed by atoms with Gasteiger partial charge in [-0.2, -0.15) is 0 Å². The molecule has 0 radical (unpaired) electrons. The van der Waals surface area contributed by atoms with Crippen molar-refractivity contribution in [2.24, 2.45) is 0 Å². The molecule has 21 heavy (non-hydrogen) atoms. The van der Waals surface area contributed by atoms with Crippen LogP contribution in [0.25, 0.3) is 0 Å². The second-order valence-corrected chi connectivity index (χ2v) is 6.29. The summed E-state index contributed by atoms with van der Waals surface area (Å²) < 4.78 is 11.9. The summed E-state index contributed by atoms with van der Waals surface area (Å²) in [6.45, 7) is 1.65. The van der Waals surface area contributed by atoms with Gasteiger partial charge < -0.3 is 19.9 Å². The topological polar surface area (TPSA) is 67.8 Å². The number of halogens is 1. The summed E-state index contributed by atoms with van der Waals surface area (Å²) in [5.41, 5.74) is 1.20. The maximum atomic E-state index is 10.9. The minimum absolute atomic E-state index is 0.318. The molecule has 1 aliphatic heterocycles. The highest BCUT2D eigenvalue weighted by Crippen LogP contribution is 2.38. The number of hydrogen-bond acceptors (Lipinski definition) is 5. The standard InChI is InChI=1S/C14H12BrNO4S/c15-10-4-12-13(20-2-1-19-12)5-11(10)16-6-9-3-8(7-21-9)14(17)18/h3-5,7,16H,1-2,6H2,(H,17,18). The van der Waals surface area contributed by atoms with E-state index in [0.717, 1.165) is 20.8 Å². The molecule has 2 N–H and O–H groups in total. The van der Waals surface area contributed by atoms with Gasteiger partial charge in [0, 0.05) is 33.4 Å². The second kappa shape index (κ2) is 5.95. The normalized spacial score (nSPS) is 13.0. The molecule has 1 aromatic carbocycles. The van der Waals surface area contributed by atoms with Crippen LogP contribution >= 0.6 is 27.3 Å². The molecule has 7 heteroatoms. The molecule has 0 spiro atoms. The predicted octanol–water partition coefficient (Wildman–Crippen LogP) is 3.59. The van der Waals surface area contributed by atoms with E-state index in [1.807, 2.05) is 12.1 Å². The summed E-state index contributed by atoms with van der Waals surface area (Å²) in [5.74, 6) is 0.533. The highest BCUT2D eigenvalue weighted by molar-refractivity contribution is 9.10. The molecular formula is C14H12BrNO4S. The molecule has 0 saturated heterocycles. The van der Waals surface area contributed by atoms with E-state index >= 15 is 0 Å². The van der Waals surface area contributed by atoms with E-state index in [2.05, 4.69) is 21.2 Å². The molecule has 2 aromatic rings. The van der Waals surface area contributed by atoms with Crippen molar-refractivity contribution < 1.29 is 19.4 Å². The average Bonchev–Trinajstić information content (AvgIpc) is 2.94. The van der Waals surface area contributed by atoms with E-state index in [9.17, 15) is 4.79 Å². The van der Waals surface area contributed by atoms with Crippen LogP contribution in [0, 0.1) is 0 Å². The Balaban J connectivity index is 1.73. The summed E-state index contributed by atoms with van der Waals surface area (Å²) in [6, 6.07) is 5.42. The lowest BCUT2D eigenvalue weighted by molar-refractivity contribution is 0.0697. The quantitative estimate of drug-likeness (QED) is 0.861. The zero-order chi connectivity index (χ0) is 14.8. The Hall–Kier alpha value is -1.73. The minimum atomic E-state index is -0.905. The first-order valence-electron chi connectivity index (χ1n) is 6.27. The van der Waals surface area contributed by atoms with Crippen LogP contribution in [0.2, 0.25) is 0 Å². The Kier molecular flexibility index (Phi) is 4.03. The fraction of sp³-hybridized carbons (Fsp3) is 0.214. The molecule has 2 heterocycles. The largest absolute Gasteiger partial charge is 0.486 e. The van der Waals surface area contributed by atoms with Crippen LogP contribution in [0.15, 0.2) is 28.1 Å². The highest BCUT2D eigenvalue weighted by atomic mass is 79.9. The van der Waals surface area contributed by atoms with Crippen molar-refractivity contribution in [2.75, 3.05) is 18.5 Å². The van der Waals surface area contributed by atoms with E-state index < -0.39 is 5.97 Å². The van der Waals surface area contributed by atoms with E-state index in [0.29, 0.717) is 31.1 Å². The van der Waals surface area contributed by atoms with Crippen molar-refractivity contribution in [3.8, 4) is 11.5 Å². The number of hydrogen-bond donors (Lipinski definition) is 2. The summed E-state index contributed by atoms with van der Waals surface area (Å²) in [7, 11) is 0. The van der Waals surface area contributed by atoms with Crippen molar-refractivity contribution >= 4 is 38.9 Å². The number of benzene rings is 1. The van der Waals surface area contributed by atoms with Crippen molar-refractivity contribution in [1.29, 1.82) is 0 Å². The first-order chi connectivity index (χ1) is 10.1. The van der Waals surface area contributed by atoms with Gasteiger partial charge in [0.1, 0.15) is 13.2 Å². The number of anilines is 1. The molecule has 0 saturated carbocycles. The third-order valence-corrected chi connectivity index (χ3v) is 4.58. The zero-order valence-electron chi connectivity index (χ0n) is 10.9. The number of thiophene rings is 1. The summed E-state index contributed by atoms with van der Waals surface area (Å²) in [5, 5.41) is 13.8. The third kappa shape index (κ3) is 3.14. The number of aromatic carboxylic acids is 1. The first-order valence-corrected chi connectivity index (χ1v) is 7.94. The van der Waals surface area contributed by atoms with Gasteiger partial charge in [-0.3, -0.25) is 0 Å². The maximum Gasteiger partial charge on any atom is 0.336 e. The fourth-order valence-corrected chi connectivity index (χ4v) is 3.23. The van der Waals surface area contributed by atoms with Gasteiger partial charge in [0.05, 0.1) is 11.3 Å². The average molecular weight is 370 g/mol. The monoisotopic (exact) mass is 369 g/mol. The molecule has 5 nitrogen and oxygen atoms in total. The number of carboxylic acids is 1. The summed E-state index contributed by atoms with van der Waals surface area (Å²) >= 11 is 4.91. The van der Waals surface area contributed by atoms with Gasteiger partial charge in [0.25, 0.3) is 0 Å².